The van der Waals surface area contributed by atoms with Crippen LogP contribution in [0.3, 0.4) is 0 Å². The van der Waals surface area contributed by atoms with Crippen molar-refractivity contribution < 1.29 is 14.3 Å². The van der Waals surface area contributed by atoms with Crippen molar-refractivity contribution in [1.82, 2.24) is 20.2 Å². The summed E-state index contributed by atoms with van der Waals surface area (Å²) in [5, 5.41) is 3.04. The van der Waals surface area contributed by atoms with Gasteiger partial charge in [0.25, 0.3) is 12.1 Å². The molecular formula is C16H25N6O2+. The predicted molar refractivity (Wildman–Crippen MR) is 87.8 cm³/mol. The Kier molecular flexibility index (Phi) is 4.34. The van der Waals surface area contributed by atoms with Crippen molar-refractivity contribution in [3.8, 4) is 0 Å². The van der Waals surface area contributed by atoms with E-state index in [0.29, 0.717) is 24.0 Å². The first-order valence-corrected chi connectivity index (χ1v) is 8.81. The van der Waals surface area contributed by atoms with E-state index in [2.05, 4.69) is 25.1 Å². The Morgan fingerprint density at radius 3 is 2.75 bits per heavy atom. The van der Waals surface area contributed by atoms with Crippen LogP contribution in [-0.2, 0) is 9.63 Å². The number of nitrogens with zero attached hydrogens (tertiary/aromatic N) is 5. The first kappa shape index (κ1) is 15.7. The van der Waals surface area contributed by atoms with Gasteiger partial charge in [0, 0.05) is 64.5 Å². The summed E-state index contributed by atoms with van der Waals surface area (Å²) in [6.45, 7) is 6.84. The minimum atomic E-state index is 0.107. The minimum Gasteiger partial charge on any atom is -0.350 e. The van der Waals surface area contributed by atoms with Crippen LogP contribution in [0.4, 0.5) is 5.95 Å². The average Bonchev–Trinajstić information content (AvgIpc) is 3.15. The number of carbonyl (C=O) groups excluding carboxylic acids is 1. The van der Waals surface area contributed by atoms with Gasteiger partial charge < -0.3 is 10.2 Å². The molecule has 1 aromatic heterocycles. The van der Waals surface area contributed by atoms with E-state index < -0.39 is 0 Å². The van der Waals surface area contributed by atoms with Gasteiger partial charge >= 0.3 is 0 Å². The molecule has 0 bridgehead atoms. The summed E-state index contributed by atoms with van der Waals surface area (Å²) < 4.78 is 0.571. The van der Waals surface area contributed by atoms with Gasteiger partial charge in [-0.15, -0.1) is 9.48 Å². The zero-order chi connectivity index (χ0) is 16.4. The topological polar surface area (TPSA) is 73.9 Å². The minimum absolute atomic E-state index is 0.107. The van der Waals surface area contributed by atoms with Crippen molar-refractivity contribution >= 4 is 11.9 Å². The zero-order valence-electron chi connectivity index (χ0n) is 13.9. The van der Waals surface area contributed by atoms with Crippen molar-refractivity contribution in [2.75, 3.05) is 57.3 Å². The molecule has 24 heavy (non-hydrogen) atoms. The average molecular weight is 333 g/mol. The first-order valence-electron chi connectivity index (χ1n) is 8.81. The third kappa shape index (κ3) is 3.35. The molecule has 0 aliphatic carbocycles. The maximum atomic E-state index is 12.1. The first-order chi connectivity index (χ1) is 11.8. The van der Waals surface area contributed by atoms with E-state index >= 15 is 0 Å². The number of carbonyl (C=O) groups is 1. The quantitative estimate of drug-likeness (QED) is 0.564. The maximum absolute atomic E-state index is 12.1. The van der Waals surface area contributed by atoms with Crippen LogP contribution < -0.4 is 10.2 Å². The Morgan fingerprint density at radius 1 is 1.29 bits per heavy atom. The molecule has 8 nitrogen and oxygen atoms in total. The lowest BCUT2D eigenvalue weighted by atomic mass is 10.3. The number of amides is 1. The predicted octanol–water partition coefficient (Wildman–Crippen LogP) is -0.403. The Labute approximate surface area is 142 Å². The van der Waals surface area contributed by atoms with Crippen LogP contribution in [0.15, 0.2) is 18.5 Å². The second kappa shape index (κ2) is 6.62. The van der Waals surface area contributed by atoms with Crippen molar-refractivity contribution in [3.63, 3.8) is 0 Å². The van der Waals surface area contributed by atoms with Gasteiger partial charge in [0.2, 0.25) is 5.95 Å². The summed E-state index contributed by atoms with van der Waals surface area (Å²) in [4.78, 5) is 30.8. The molecule has 3 saturated heterocycles. The highest BCUT2D eigenvalue weighted by Crippen LogP contribution is 2.42. The van der Waals surface area contributed by atoms with Crippen molar-refractivity contribution in [3.05, 3.63) is 18.5 Å². The van der Waals surface area contributed by atoms with Crippen LogP contribution in [0.2, 0.25) is 0 Å². The Balaban J connectivity index is 1.14. The Bertz CT molecular complexity index is 577. The van der Waals surface area contributed by atoms with Gasteiger partial charge in [-0.25, -0.2) is 9.97 Å². The molecule has 0 spiro atoms. The van der Waals surface area contributed by atoms with E-state index in [-0.39, 0.29) is 5.91 Å². The van der Waals surface area contributed by atoms with Gasteiger partial charge in [0.05, 0.1) is 0 Å². The van der Waals surface area contributed by atoms with Gasteiger partial charge in [-0.2, -0.15) is 0 Å². The smallest absolute Gasteiger partial charge is 0.278 e. The molecule has 8 heteroatoms. The number of hydroxylamine groups is 3. The van der Waals surface area contributed by atoms with Crippen molar-refractivity contribution in [2.24, 2.45) is 0 Å². The molecule has 1 amide bonds. The number of aromatic nitrogens is 2. The van der Waals surface area contributed by atoms with Crippen LogP contribution in [0.25, 0.3) is 0 Å². The fourth-order valence-electron chi connectivity index (χ4n) is 3.73. The molecular weight excluding hydrogens is 308 g/mol. The van der Waals surface area contributed by atoms with Crippen molar-refractivity contribution in [1.29, 1.82) is 0 Å². The summed E-state index contributed by atoms with van der Waals surface area (Å²) in [5.41, 5.74) is 0. The second-order valence-electron chi connectivity index (χ2n) is 6.76. The monoisotopic (exact) mass is 333 g/mol. The summed E-state index contributed by atoms with van der Waals surface area (Å²) in [6.07, 6.45) is 6.13. The molecule has 3 aliphatic rings. The number of quaternary nitrogens is 1. The van der Waals surface area contributed by atoms with Crippen molar-refractivity contribution in [2.45, 2.75) is 19.1 Å². The molecule has 0 saturated carbocycles. The van der Waals surface area contributed by atoms with Crippen LogP contribution in [-0.4, -0.2) is 84.0 Å². The van der Waals surface area contributed by atoms with E-state index in [9.17, 15) is 4.79 Å². The number of hydrogen-bond donors (Lipinski definition) is 1. The molecule has 4 heterocycles. The molecule has 0 aromatic carbocycles. The van der Waals surface area contributed by atoms with Gasteiger partial charge in [-0.1, -0.05) is 0 Å². The SMILES string of the molecule is O=C(C[N+]12CCCC1O2)NCCN1CCN(c2ncccn2)CC1. The van der Waals surface area contributed by atoms with E-state index in [1.807, 2.05) is 6.07 Å². The molecule has 3 fully saturated rings. The molecule has 4 rings (SSSR count). The summed E-state index contributed by atoms with van der Waals surface area (Å²) in [6, 6.07) is 1.83. The summed E-state index contributed by atoms with van der Waals surface area (Å²) in [7, 11) is 0. The van der Waals surface area contributed by atoms with E-state index in [4.69, 9.17) is 4.84 Å². The molecule has 2 atom stereocenters. The highest BCUT2D eigenvalue weighted by molar-refractivity contribution is 5.77. The van der Waals surface area contributed by atoms with Gasteiger partial charge in [0.15, 0.2) is 6.54 Å². The highest BCUT2D eigenvalue weighted by Gasteiger charge is 2.63. The fourth-order valence-corrected chi connectivity index (χ4v) is 3.73. The standard InChI is InChI=1S/C16H24N6O2/c23-14(13-22-12-1-3-15(22)24-22)17-6-7-20-8-10-21(11-9-20)16-18-4-2-5-19-16/h2,4-5,15H,1,3,6-13H2/p+1. The molecule has 0 radical (unpaired) electrons. The number of piperazine rings is 1. The largest absolute Gasteiger partial charge is 0.350 e. The highest BCUT2D eigenvalue weighted by atomic mass is 16.9. The molecule has 1 N–H and O–H groups in total. The van der Waals surface area contributed by atoms with Gasteiger partial charge in [-0.3, -0.25) is 9.69 Å². The van der Waals surface area contributed by atoms with Gasteiger partial charge in [-0.05, 0) is 6.07 Å². The summed E-state index contributed by atoms with van der Waals surface area (Å²) in [5.74, 6) is 0.911. The molecule has 2 unspecified atom stereocenters. The van der Waals surface area contributed by atoms with Crippen LogP contribution in [0, 0.1) is 0 Å². The van der Waals surface area contributed by atoms with Gasteiger partial charge in [0.1, 0.15) is 6.54 Å². The third-order valence-corrected chi connectivity index (χ3v) is 5.17. The number of rotatable bonds is 6. The lowest BCUT2D eigenvalue weighted by molar-refractivity contribution is -0.907. The number of hydrogen-bond acceptors (Lipinski definition) is 6. The number of anilines is 1. The zero-order valence-corrected chi connectivity index (χ0v) is 13.9. The molecule has 1 aromatic rings. The van der Waals surface area contributed by atoms with E-state index in [0.717, 1.165) is 51.6 Å². The Morgan fingerprint density at radius 2 is 2.08 bits per heavy atom. The second-order valence-corrected chi connectivity index (χ2v) is 6.76. The van der Waals surface area contributed by atoms with E-state index in [1.54, 1.807) is 12.4 Å². The molecule has 3 aliphatic heterocycles. The Hall–Kier alpha value is -1.77. The summed E-state index contributed by atoms with van der Waals surface area (Å²) >= 11 is 0. The van der Waals surface area contributed by atoms with E-state index in [1.165, 1.54) is 6.42 Å². The maximum Gasteiger partial charge on any atom is 0.278 e. The number of nitrogens with one attached hydrogen (secondary N) is 1. The fraction of sp³-hybridized carbons (Fsp3) is 0.688. The van der Waals surface area contributed by atoms with Crippen LogP contribution in [0.1, 0.15) is 12.8 Å². The van der Waals surface area contributed by atoms with Crippen LogP contribution >= 0.6 is 0 Å². The van der Waals surface area contributed by atoms with Crippen LogP contribution in [0.5, 0.6) is 0 Å². The number of fused-ring (bicyclic) bond motifs is 1. The molecule has 130 valence electrons. The normalized spacial score (nSPS) is 29.3. The lowest BCUT2D eigenvalue weighted by Crippen LogP contribution is -2.49. The third-order valence-electron chi connectivity index (χ3n) is 5.17. The lowest BCUT2D eigenvalue weighted by Gasteiger charge is -2.34.